The topological polar surface area (TPSA) is 64.1 Å². The SMILES string of the molecule is O=C(NCc1ccccn1)c1csc(-c2ccccc2OCc2ccc(Cl)cc2Cl)n1. The van der Waals surface area contributed by atoms with Crippen LogP contribution in [0.25, 0.3) is 10.6 Å². The normalized spacial score (nSPS) is 10.6. The molecule has 1 N–H and O–H groups in total. The number of carbonyl (C=O) groups is 1. The van der Waals surface area contributed by atoms with Gasteiger partial charge in [-0.25, -0.2) is 4.98 Å². The first-order chi connectivity index (χ1) is 15.1. The van der Waals surface area contributed by atoms with Crippen LogP contribution in [0, 0.1) is 0 Å². The number of benzene rings is 2. The third-order valence-corrected chi connectivity index (χ3v) is 5.87. The second-order valence-corrected chi connectivity index (χ2v) is 8.26. The van der Waals surface area contributed by atoms with Gasteiger partial charge < -0.3 is 10.1 Å². The first kappa shape index (κ1) is 21.3. The Bertz CT molecular complexity index is 1200. The third kappa shape index (κ3) is 5.41. The molecule has 2 aromatic heterocycles. The summed E-state index contributed by atoms with van der Waals surface area (Å²) in [6.07, 6.45) is 1.69. The second kappa shape index (κ2) is 9.92. The van der Waals surface area contributed by atoms with Gasteiger partial charge in [0.05, 0.1) is 17.8 Å². The molecule has 31 heavy (non-hydrogen) atoms. The minimum absolute atomic E-state index is 0.250. The molecule has 0 saturated carbocycles. The van der Waals surface area contributed by atoms with E-state index in [4.69, 9.17) is 27.9 Å². The molecule has 0 atom stereocenters. The molecule has 2 heterocycles. The summed E-state index contributed by atoms with van der Waals surface area (Å²) in [5.74, 6) is 0.405. The summed E-state index contributed by atoms with van der Waals surface area (Å²) in [6.45, 7) is 0.629. The molecule has 0 bridgehead atoms. The van der Waals surface area contributed by atoms with Crippen molar-refractivity contribution in [2.75, 3.05) is 0 Å². The average molecular weight is 470 g/mol. The van der Waals surface area contributed by atoms with Gasteiger partial charge in [-0.2, -0.15) is 0 Å². The van der Waals surface area contributed by atoms with Crippen LogP contribution in [0.5, 0.6) is 5.75 Å². The maximum absolute atomic E-state index is 12.5. The highest BCUT2D eigenvalue weighted by Gasteiger charge is 2.15. The molecule has 1 amide bonds. The molecule has 0 aliphatic heterocycles. The quantitative estimate of drug-likeness (QED) is 0.359. The fourth-order valence-corrected chi connectivity index (χ4v) is 4.12. The van der Waals surface area contributed by atoms with Crippen LogP contribution in [0.4, 0.5) is 0 Å². The largest absolute Gasteiger partial charge is 0.488 e. The van der Waals surface area contributed by atoms with Crippen molar-refractivity contribution < 1.29 is 9.53 Å². The van der Waals surface area contributed by atoms with E-state index in [1.165, 1.54) is 11.3 Å². The van der Waals surface area contributed by atoms with Gasteiger partial charge in [0.25, 0.3) is 5.91 Å². The molecule has 4 rings (SSSR count). The number of halogens is 2. The molecule has 0 aliphatic carbocycles. The summed E-state index contributed by atoms with van der Waals surface area (Å²) >= 11 is 13.6. The first-order valence-corrected chi connectivity index (χ1v) is 11.0. The van der Waals surface area contributed by atoms with E-state index in [2.05, 4.69) is 15.3 Å². The van der Waals surface area contributed by atoms with Crippen molar-refractivity contribution in [1.29, 1.82) is 0 Å². The van der Waals surface area contributed by atoms with Gasteiger partial charge in [0, 0.05) is 27.2 Å². The van der Waals surface area contributed by atoms with Crippen molar-refractivity contribution in [1.82, 2.24) is 15.3 Å². The van der Waals surface area contributed by atoms with E-state index in [9.17, 15) is 4.79 Å². The molecule has 0 spiro atoms. The van der Waals surface area contributed by atoms with Gasteiger partial charge in [0.1, 0.15) is 23.1 Å². The number of thiazole rings is 1. The van der Waals surface area contributed by atoms with E-state index in [1.54, 1.807) is 23.7 Å². The maximum atomic E-state index is 12.5. The molecule has 0 radical (unpaired) electrons. The maximum Gasteiger partial charge on any atom is 0.271 e. The molecule has 0 fully saturated rings. The standard InChI is InChI=1S/C23H17Cl2N3O2S/c24-16-9-8-15(19(25)11-16)13-30-21-7-2-1-6-18(21)23-28-20(14-31-23)22(29)27-12-17-5-3-4-10-26-17/h1-11,14H,12-13H2,(H,27,29). The Morgan fingerprint density at radius 1 is 1.06 bits per heavy atom. The van der Waals surface area contributed by atoms with Crippen molar-refractivity contribution in [2.24, 2.45) is 0 Å². The number of nitrogens with one attached hydrogen (secondary N) is 1. The zero-order valence-electron chi connectivity index (χ0n) is 16.2. The smallest absolute Gasteiger partial charge is 0.271 e. The number of rotatable bonds is 7. The number of hydrogen-bond donors (Lipinski definition) is 1. The van der Waals surface area contributed by atoms with Gasteiger partial charge >= 0.3 is 0 Å². The van der Waals surface area contributed by atoms with Crippen LogP contribution in [-0.4, -0.2) is 15.9 Å². The number of carbonyl (C=O) groups excluding carboxylic acids is 1. The molecule has 8 heteroatoms. The molecular formula is C23H17Cl2N3O2S. The van der Waals surface area contributed by atoms with Gasteiger partial charge in [-0.15, -0.1) is 11.3 Å². The van der Waals surface area contributed by atoms with Gasteiger partial charge in [-0.05, 0) is 36.4 Å². The number of nitrogens with zero attached hydrogens (tertiary/aromatic N) is 2. The summed E-state index contributed by atoms with van der Waals surface area (Å²) in [7, 11) is 0. The van der Waals surface area contributed by atoms with E-state index in [1.807, 2.05) is 48.5 Å². The molecule has 2 aromatic carbocycles. The number of amides is 1. The Kier molecular flexibility index (Phi) is 6.82. The molecule has 156 valence electrons. The van der Waals surface area contributed by atoms with E-state index in [-0.39, 0.29) is 12.5 Å². The Balaban J connectivity index is 1.46. The summed E-state index contributed by atoms with van der Waals surface area (Å²) in [5, 5.41) is 6.39. The zero-order valence-corrected chi connectivity index (χ0v) is 18.5. The monoisotopic (exact) mass is 469 g/mol. The van der Waals surface area contributed by atoms with Gasteiger partial charge in [-0.1, -0.05) is 47.5 Å². The van der Waals surface area contributed by atoms with Crippen LogP contribution in [0.1, 0.15) is 21.7 Å². The predicted molar refractivity (Wildman–Crippen MR) is 124 cm³/mol. The number of hydrogen-bond acceptors (Lipinski definition) is 5. The Morgan fingerprint density at radius 2 is 1.90 bits per heavy atom. The van der Waals surface area contributed by atoms with Crippen LogP contribution in [0.3, 0.4) is 0 Å². The average Bonchev–Trinajstić information content (AvgIpc) is 3.28. The minimum Gasteiger partial charge on any atom is -0.488 e. The molecule has 0 aliphatic rings. The third-order valence-electron chi connectivity index (χ3n) is 4.41. The molecule has 4 aromatic rings. The van der Waals surface area contributed by atoms with Crippen LogP contribution in [0.2, 0.25) is 10.0 Å². The van der Waals surface area contributed by atoms with E-state index in [0.717, 1.165) is 16.8 Å². The lowest BCUT2D eigenvalue weighted by Gasteiger charge is -2.11. The molecule has 0 unspecified atom stereocenters. The van der Waals surface area contributed by atoms with Crippen LogP contribution >= 0.6 is 34.5 Å². The summed E-state index contributed by atoms with van der Waals surface area (Å²) in [5.41, 5.74) is 2.77. The van der Waals surface area contributed by atoms with Crippen molar-refractivity contribution in [3.05, 3.63) is 99.2 Å². The zero-order chi connectivity index (χ0) is 21.6. The summed E-state index contributed by atoms with van der Waals surface area (Å²) < 4.78 is 6.00. The van der Waals surface area contributed by atoms with Crippen molar-refractivity contribution in [3.8, 4) is 16.3 Å². The van der Waals surface area contributed by atoms with Gasteiger partial charge in [-0.3, -0.25) is 9.78 Å². The van der Waals surface area contributed by atoms with E-state index in [0.29, 0.717) is 33.0 Å². The summed E-state index contributed by atoms with van der Waals surface area (Å²) in [6, 6.07) is 18.4. The minimum atomic E-state index is -0.250. The number of pyridine rings is 1. The van der Waals surface area contributed by atoms with Crippen molar-refractivity contribution >= 4 is 40.4 Å². The number of ether oxygens (including phenoxy) is 1. The van der Waals surface area contributed by atoms with Crippen LogP contribution in [-0.2, 0) is 13.2 Å². The fourth-order valence-electron chi connectivity index (χ4n) is 2.83. The van der Waals surface area contributed by atoms with Gasteiger partial charge in [0.2, 0.25) is 0 Å². The van der Waals surface area contributed by atoms with Crippen molar-refractivity contribution in [2.45, 2.75) is 13.2 Å². The van der Waals surface area contributed by atoms with Crippen molar-refractivity contribution in [3.63, 3.8) is 0 Å². The van der Waals surface area contributed by atoms with E-state index >= 15 is 0 Å². The Hall–Kier alpha value is -2.93. The molecular weight excluding hydrogens is 453 g/mol. The fraction of sp³-hybridized carbons (Fsp3) is 0.0870. The lowest BCUT2D eigenvalue weighted by atomic mass is 10.2. The highest BCUT2D eigenvalue weighted by molar-refractivity contribution is 7.13. The molecule has 0 saturated heterocycles. The predicted octanol–water partition coefficient (Wildman–Crippen LogP) is 6.02. The van der Waals surface area contributed by atoms with Crippen LogP contribution < -0.4 is 10.1 Å². The lowest BCUT2D eigenvalue weighted by Crippen LogP contribution is -2.23. The van der Waals surface area contributed by atoms with Crippen LogP contribution in [0.15, 0.2) is 72.2 Å². The van der Waals surface area contributed by atoms with E-state index < -0.39 is 0 Å². The number of para-hydroxylation sites is 1. The highest BCUT2D eigenvalue weighted by atomic mass is 35.5. The second-order valence-electron chi connectivity index (χ2n) is 6.56. The lowest BCUT2D eigenvalue weighted by molar-refractivity contribution is 0.0946. The Morgan fingerprint density at radius 3 is 2.71 bits per heavy atom. The van der Waals surface area contributed by atoms with Gasteiger partial charge in [0.15, 0.2) is 0 Å². The summed E-state index contributed by atoms with van der Waals surface area (Å²) in [4.78, 5) is 21.2. The molecule has 5 nitrogen and oxygen atoms in total. The Labute approximate surface area is 193 Å². The highest BCUT2D eigenvalue weighted by Crippen LogP contribution is 2.33. The first-order valence-electron chi connectivity index (χ1n) is 9.40. The number of aromatic nitrogens is 2.